The van der Waals surface area contributed by atoms with Gasteiger partial charge in [0.25, 0.3) is 0 Å². The Labute approximate surface area is 107 Å². The van der Waals surface area contributed by atoms with Gasteiger partial charge in [-0.1, -0.05) is 12.1 Å². The van der Waals surface area contributed by atoms with Crippen molar-refractivity contribution in [1.29, 1.82) is 0 Å². The van der Waals surface area contributed by atoms with Crippen LogP contribution in [-0.4, -0.2) is 15.1 Å². The lowest BCUT2D eigenvalue weighted by atomic mass is 10.3. The summed E-state index contributed by atoms with van der Waals surface area (Å²) < 4.78 is 11.3. The van der Waals surface area contributed by atoms with Gasteiger partial charge in [0.1, 0.15) is 10.4 Å². The van der Waals surface area contributed by atoms with Gasteiger partial charge in [0.15, 0.2) is 6.61 Å². The zero-order valence-electron chi connectivity index (χ0n) is 9.39. The molecule has 0 bridgehead atoms. The number of halogens is 1. The van der Waals surface area contributed by atoms with Gasteiger partial charge in [-0.15, -0.1) is 0 Å². The highest BCUT2D eigenvalue weighted by molar-refractivity contribution is 9.10. The lowest BCUT2D eigenvalue weighted by Gasteiger charge is -2.01. The van der Waals surface area contributed by atoms with Crippen molar-refractivity contribution in [3.8, 4) is 5.75 Å². The van der Waals surface area contributed by atoms with Crippen LogP contribution < -0.4 is 4.74 Å². The van der Waals surface area contributed by atoms with Crippen molar-refractivity contribution in [3.63, 3.8) is 0 Å². The average molecular weight is 298 g/mol. The highest BCUT2D eigenvalue weighted by atomic mass is 79.9. The molecule has 6 heteroatoms. The first-order valence-electron chi connectivity index (χ1n) is 5.33. The Kier molecular flexibility index (Phi) is 4.08. The highest BCUT2D eigenvalue weighted by Crippen LogP contribution is 2.13. The van der Waals surface area contributed by atoms with Gasteiger partial charge in [-0.2, -0.15) is 4.98 Å². The summed E-state index contributed by atoms with van der Waals surface area (Å²) in [5, 5.41) is 3.83. The van der Waals surface area contributed by atoms with Crippen molar-refractivity contribution in [3.05, 3.63) is 34.6 Å². The molecule has 17 heavy (non-hydrogen) atoms. The van der Waals surface area contributed by atoms with Crippen LogP contribution in [0.1, 0.15) is 25.1 Å². The molecule has 0 aliphatic carbocycles. The van der Waals surface area contributed by atoms with Crippen molar-refractivity contribution >= 4 is 15.9 Å². The molecule has 0 spiro atoms. The maximum atomic E-state index is 5.47. The van der Waals surface area contributed by atoms with Crippen LogP contribution in [0.15, 0.2) is 27.5 Å². The quantitative estimate of drug-likeness (QED) is 0.794. The molecule has 0 saturated carbocycles. The van der Waals surface area contributed by atoms with E-state index in [2.05, 4.69) is 38.0 Å². The number of rotatable bonds is 5. The molecule has 90 valence electrons. The molecule has 2 rings (SSSR count). The van der Waals surface area contributed by atoms with Gasteiger partial charge in [0.2, 0.25) is 11.7 Å². The van der Waals surface area contributed by atoms with Crippen molar-refractivity contribution < 1.29 is 9.26 Å². The summed E-state index contributed by atoms with van der Waals surface area (Å²) >= 11 is 3.26. The molecule has 0 saturated heterocycles. The van der Waals surface area contributed by atoms with E-state index in [4.69, 9.17) is 9.26 Å². The molecular weight excluding hydrogens is 286 g/mol. The van der Waals surface area contributed by atoms with Crippen LogP contribution in [0.5, 0.6) is 5.75 Å². The van der Waals surface area contributed by atoms with Crippen molar-refractivity contribution in [2.24, 2.45) is 0 Å². The third-order valence-corrected chi connectivity index (χ3v) is 2.51. The van der Waals surface area contributed by atoms with E-state index in [1.165, 1.54) is 0 Å². The average Bonchev–Trinajstić information content (AvgIpc) is 2.77. The Morgan fingerprint density at radius 3 is 3.00 bits per heavy atom. The van der Waals surface area contributed by atoms with Gasteiger partial charge in [-0.3, -0.25) is 0 Å². The predicted molar refractivity (Wildman–Crippen MR) is 64.6 cm³/mol. The summed E-state index contributed by atoms with van der Waals surface area (Å²) in [6.45, 7) is 2.35. The Bertz CT molecular complexity index is 470. The third-order valence-electron chi connectivity index (χ3n) is 2.04. The molecular formula is C11H12BrN3O2. The normalized spacial score (nSPS) is 10.5. The summed E-state index contributed by atoms with van der Waals surface area (Å²) in [5.74, 6) is 1.88. The largest absolute Gasteiger partial charge is 0.484 e. The van der Waals surface area contributed by atoms with Crippen LogP contribution >= 0.6 is 15.9 Å². The lowest BCUT2D eigenvalue weighted by molar-refractivity contribution is 0.284. The molecule has 0 aliphatic heterocycles. The summed E-state index contributed by atoms with van der Waals surface area (Å²) in [4.78, 5) is 8.25. The fraction of sp³-hybridized carbons (Fsp3) is 0.364. The summed E-state index contributed by atoms with van der Waals surface area (Å²) in [6, 6.07) is 3.64. The standard InChI is InChI=1S/C11H12BrN3O2/c1-2-3-11-14-10(15-17-11)7-16-8-4-5-9(12)13-6-8/h4-6H,2-3,7H2,1H3. The highest BCUT2D eigenvalue weighted by Gasteiger charge is 2.05. The van der Waals surface area contributed by atoms with Crippen LogP contribution in [-0.2, 0) is 13.0 Å². The van der Waals surface area contributed by atoms with E-state index >= 15 is 0 Å². The third kappa shape index (κ3) is 3.52. The summed E-state index contributed by atoms with van der Waals surface area (Å²) in [6.07, 6.45) is 3.42. The molecule has 0 N–H and O–H groups in total. The number of hydrogen-bond acceptors (Lipinski definition) is 5. The number of nitrogens with zero attached hydrogens (tertiary/aromatic N) is 3. The van der Waals surface area contributed by atoms with E-state index in [9.17, 15) is 0 Å². The number of pyridine rings is 1. The van der Waals surface area contributed by atoms with Gasteiger partial charge < -0.3 is 9.26 Å². The molecule has 0 aliphatic rings. The van der Waals surface area contributed by atoms with Crippen LogP contribution in [0.3, 0.4) is 0 Å². The maximum Gasteiger partial charge on any atom is 0.226 e. The number of aryl methyl sites for hydroxylation is 1. The SMILES string of the molecule is CCCc1nc(COc2ccc(Br)nc2)no1. The van der Waals surface area contributed by atoms with Crippen molar-refractivity contribution in [2.75, 3.05) is 0 Å². The summed E-state index contributed by atoms with van der Waals surface area (Å²) in [5.41, 5.74) is 0. The Balaban J connectivity index is 1.90. The van der Waals surface area contributed by atoms with Crippen LogP contribution in [0, 0.1) is 0 Å². The Morgan fingerprint density at radius 1 is 1.41 bits per heavy atom. The first-order valence-corrected chi connectivity index (χ1v) is 6.13. The van der Waals surface area contributed by atoms with E-state index in [1.807, 2.05) is 12.1 Å². The minimum atomic E-state index is 0.288. The monoisotopic (exact) mass is 297 g/mol. The first kappa shape index (κ1) is 12.0. The zero-order chi connectivity index (χ0) is 12.1. The second-order valence-corrected chi connectivity index (χ2v) is 4.27. The predicted octanol–water partition coefficient (Wildman–Crippen LogP) is 2.76. The Hall–Kier alpha value is -1.43. The molecule has 0 radical (unpaired) electrons. The molecule has 5 nitrogen and oxygen atoms in total. The first-order chi connectivity index (χ1) is 8.28. The maximum absolute atomic E-state index is 5.47. The number of ether oxygens (including phenoxy) is 1. The summed E-state index contributed by atoms with van der Waals surface area (Å²) in [7, 11) is 0. The van der Waals surface area contributed by atoms with E-state index in [0.29, 0.717) is 17.5 Å². The fourth-order valence-corrected chi connectivity index (χ4v) is 1.49. The van der Waals surface area contributed by atoms with Gasteiger partial charge in [-0.05, 0) is 34.5 Å². The molecule has 0 atom stereocenters. The molecule has 0 fully saturated rings. The molecule has 2 heterocycles. The van der Waals surface area contributed by atoms with Crippen LogP contribution in [0.25, 0.3) is 0 Å². The van der Waals surface area contributed by atoms with E-state index in [1.54, 1.807) is 6.20 Å². The van der Waals surface area contributed by atoms with E-state index in [-0.39, 0.29) is 6.61 Å². The van der Waals surface area contributed by atoms with E-state index in [0.717, 1.165) is 17.4 Å². The lowest BCUT2D eigenvalue weighted by Crippen LogP contribution is -1.98. The van der Waals surface area contributed by atoms with Crippen LogP contribution in [0.4, 0.5) is 0 Å². The van der Waals surface area contributed by atoms with Crippen molar-refractivity contribution in [2.45, 2.75) is 26.4 Å². The minimum Gasteiger partial charge on any atom is -0.484 e. The van der Waals surface area contributed by atoms with Gasteiger partial charge in [0.05, 0.1) is 6.20 Å². The van der Waals surface area contributed by atoms with Crippen LogP contribution in [0.2, 0.25) is 0 Å². The van der Waals surface area contributed by atoms with E-state index < -0.39 is 0 Å². The molecule has 0 amide bonds. The van der Waals surface area contributed by atoms with Crippen molar-refractivity contribution in [1.82, 2.24) is 15.1 Å². The minimum absolute atomic E-state index is 0.288. The second kappa shape index (κ2) is 5.77. The molecule has 0 unspecified atom stereocenters. The van der Waals surface area contributed by atoms with Gasteiger partial charge in [-0.25, -0.2) is 4.98 Å². The number of hydrogen-bond donors (Lipinski definition) is 0. The van der Waals surface area contributed by atoms with Gasteiger partial charge in [0, 0.05) is 6.42 Å². The topological polar surface area (TPSA) is 61.0 Å². The zero-order valence-corrected chi connectivity index (χ0v) is 11.0. The molecule has 2 aromatic rings. The van der Waals surface area contributed by atoms with Gasteiger partial charge >= 0.3 is 0 Å². The molecule has 2 aromatic heterocycles. The Morgan fingerprint density at radius 2 is 2.29 bits per heavy atom. The number of aromatic nitrogens is 3. The second-order valence-electron chi connectivity index (χ2n) is 3.46. The fourth-order valence-electron chi connectivity index (χ4n) is 1.26. The smallest absolute Gasteiger partial charge is 0.226 e. The molecule has 0 aromatic carbocycles.